The van der Waals surface area contributed by atoms with E-state index in [1.54, 1.807) is 6.07 Å². The third-order valence-electron chi connectivity index (χ3n) is 2.61. The molecule has 0 aliphatic carbocycles. The maximum Gasteiger partial charge on any atom is 0.328 e. The van der Waals surface area contributed by atoms with Gasteiger partial charge in [-0.1, -0.05) is 12.1 Å². The zero-order chi connectivity index (χ0) is 15.8. The number of nitrogens with one attached hydrogen (secondary N) is 1. The van der Waals surface area contributed by atoms with Crippen molar-refractivity contribution >= 4 is 35.7 Å². The number of halogens is 3. The van der Waals surface area contributed by atoms with E-state index in [-0.39, 0.29) is 11.0 Å². The number of H-pyrrole nitrogens is 1. The van der Waals surface area contributed by atoms with Gasteiger partial charge < -0.3 is 0 Å². The molecule has 0 bridgehead atoms. The molecule has 0 saturated heterocycles. The molecule has 0 radical (unpaired) electrons. The minimum absolute atomic E-state index is 0.137. The Morgan fingerprint density at radius 3 is 2.62 bits per heavy atom. The van der Waals surface area contributed by atoms with Crippen molar-refractivity contribution in [1.29, 1.82) is 0 Å². The van der Waals surface area contributed by atoms with Crippen molar-refractivity contribution in [2.24, 2.45) is 0 Å². The maximum absolute atomic E-state index is 13.4. The molecular formula is C11H7BrClFN2O4S. The van der Waals surface area contributed by atoms with Crippen LogP contribution in [0.25, 0.3) is 0 Å². The molecule has 2 rings (SSSR count). The van der Waals surface area contributed by atoms with Gasteiger partial charge in [-0.15, -0.1) is 0 Å². The average molecular weight is 398 g/mol. The van der Waals surface area contributed by atoms with Crippen LogP contribution in [0, 0.1) is 5.82 Å². The van der Waals surface area contributed by atoms with Crippen molar-refractivity contribution in [3.8, 4) is 0 Å². The lowest BCUT2D eigenvalue weighted by Gasteiger charge is -2.08. The Morgan fingerprint density at radius 1 is 1.33 bits per heavy atom. The molecule has 0 atom stereocenters. The van der Waals surface area contributed by atoms with Crippen molar-refractivity contribution in [3.63, 3.8) is 0 Å². The van der Waals surface area contributed by atoms with E-state index >= 15 is 0 Å². The Morgan fingerprint density at radius 2 is 2.00 bits per heavy atom. The molecule has 21 heavy (non-hydrogen) atoms. The molecule has 6 nitrogen and oxygen atoms in total. The van der Waals surface area contributed by atoms with E-state index in [4.69, 9.17) is 10.7 Å². The van der Waals surface area contributed by atoms with Gasteiger partial charge in [0.25, 0.3) is 14.6 Å². The van der Waals surface area contributed by atoms with Crippen LogP contribution in [0.2, 0.25) is 0 Å². The van der Waals surface area contributed by atoms with Crippen LogP contribution in [-0.4, -0.2) is 18.0 Å². The minimum Gasteiger partial charge on any atom is -0.295 e. The summed E-state index contributed by atoms with van der Waals surface area (Å²) >= 11 is 3.03. The Balaban J connectivity index is 2.58. The average Bonchev–Trinajstić information content (AvgIpc) is 2.36. The molecule has 10 heteroatoms. The van der Waals surface area contributed by atoms with Gasteiger partial charge in [0.2, 0.25) is 0 Å². The monoisotopic (exact) mass is 396 g/mol. The van der Waals surface area contributed by atoms with Crippen LogP contribution >= 0.6 is 26.6 Å². The zero-order valence-corrected chi connectivity index (χ0v) is 13.3. The number of nitrogens with zero attached hydrogens (tertiary/aromatic N) is 1. The number of rotatable bonds is 3. The summed E-state index contributed by atoms with van der Waals surface area (Å²) in [5.74, 6) is -0.532. The summed E-state index contributed by atoms with van der Waals surface area (Å²) in [4.78, 5) is 24.2. The summed E-state index contributed by atoms with van der Waals surface area (Å²) in [6.45, 7) is -0.145. The smallest absolute Gasteiger partial charge is 0.295 e. The van der Waals surface area contributed by atoms with Crippen LogP contribution in [-0.2, 0) is 15.6 Å². The molecule has 112 valence electrons. The fraction of sp³-hybridized carbons (Fsp3) is 0.0909. The van der Waals surface area contributed by atoms with Crippen molar-refractivity contribution in [2.45, 2.75) is 11.4 Å². The zero-order valence-electron chi connectivity index (χ0n) is 10.1. The number of hydrogen-bond acceptors (Lipinski definition) is 4. The largest absolute Gasteiger partial charge is 0.328 e. The third-order valence-corrected chi connectivity index (χ3v) is 4.82. The van der Waals surface area contributed by atoms with Gasteiger partial charge in [0, 0.05) is 16.9 Å². The van der Waals surface area contributed by atoms with Crippen LogP contribution in [0.1, 0.15) is 5.56 Å². The van der Waals surface area contributed by atoms with Gasteiger partial charge in [0.1, 0.15) is 5.82 Å². The first-order valence-electron chi connectivity index (χ1n) is 5.41. The molecule has 0 saturated carbocycles. The summed E-state index contributed by atoms with van der Waals surface area (Å²) in [5.41, 5.74) is -1.55. The van der Waals surface area contributed by atoms with E-state index in [1.807, 2.05) is 4.98 Å². The first kappa shape index (κ1) is 15.9. The molecule has 2 aromatic rings. The van der Waals surface area contributed by atoms with E-state index < -0.39 is 31.0 Å². The Hall–Kier alpha value is -1.45. The van der Waals surface area contributed by atoms with E-state index in [0.29, 0.717) is 5.56 Å². The van der Waals surface area contributed by atoms with Gasteiger partial charge in [0.15, 0.2) is 4.90 Å². The van der Waals surface area contributed by atoms with Crippen LogP contribution in [0.15, 0.2) is 43.4 Å². The lowest BCUT2D eigenvalue weighted by Crippen LogP contribution is -2.32. The first-order valence-corrected chi connectivity index (χ1v) is 8.51. The first-order chi connectivity index (χ1) is 9.70. The fourth-order valence-corrected chi connectivity index (χ4v) is 2.88. The molecular weight excluding hydrogens is 391 g/mol. The van der Waals surface area contributed by atoms with Gasteiger partial charge in [-0.25, -0.2) is 17.6 Å². The molecule has 1 heterocycles. The molecule has 0 fully saturated rings. The predicted molar refractivity (Wildman–Crippen MR) is 77.6 cm³/mol. The number of hydrogen-bond donors (Lipinski definition) is 1. The van der Waals surface area contributed by atoms with Gasteiger partial charge in [-0.2, -0.15) is 0 Å². The van der Waals surface area contributed by atoms with Crippen LogP contribution < -0.4 is 11.2 Å². The van der Waals surface area contributed by atoms with Gasteiger partial charge in [0.05, 0.1) is 11.0 Å². The van der Waals surface area contributed by atoms with Crippen LogP contribution in [0.5, 0.6) is 0 Å². The standard InChI is InChI=1S/C11H7BrClFN2O4S/c12-9-6(2-1-3-7(9)14)4-16-5-8(21(13,19)20)10(17)15-11(16)18/h1-3,5H,4H2,(H,15,17,18). The van der Waals surface area contributed by atoms with Gasteiger partial charge >= 0.3 is 5.69 Å². The predicted octanol–water partition coefficient (Wildman–Crippen LogP) is 1.41. The quantitative estimate of drug-likeness (QED) is 0.793. The highest BCUT2D eigenvalue weighted by Crippen LogP contribution is 2.21. The SMILES string of the molecule is O=c1[nH]c(=O)n(Cc2cccc(F)c2Br)cc1S(=O)(=O)Cl. The number of benzene rings is 1. The normalized spacial score (nSPS) is 11.6. The highest BCUT2D eigenvalue weighted by molar-refractivity contribution is 9.10. The van der Waals surface area contributed by atoms with Crippen molar-refractivity contribution < 1.29 is 12.8 Å². The maximum atomic E-state index is 13.4. The van der Waals surface area contributed by atoms with E-state index in [9.17, 15) is 22.4 Å². The van der Waals surface area contributed by atoms with E-state index in [0.717, 1.165) is 10.8 Å². The van der Waals surface area contributed by atoms with E-state index in [1.165, 1.54) is 12.1 Å². The lowest BCUT2D eigenvalue weighted by molar-refractivity contribution is 0.600. The summed E-state index contributed by atoms with van der Waals surface area (Å²) in [7, 11) is 0.815. The molecule has 1 aromatic heterocycles. The second-order valence-electron chi connectivity index (χ2n) is 4.03. The van der Waals surface area contributed by atoms with Gasteiger partial charge in [-0.05, 0) is 27.6 Å². The summed E-state index contributed by atoms with van der Waals surface area (Å²) in [6, 6.07) is 4.20. The fourth-order valence-electron chi connectivity index (χ4n) is 1.63. The molecule has 0 aliphatic rings. The van der Waals surface area contributed by atoms with Crippen LogP contribution in [0.4, 0.5) is 4.39 Å². The molecule has 0 spiro atoms. The number of aromatic nitrogens is 2. The summed E-state index contributed by atoms with van der Waals surface area (Å²) < 4.78 is 37.0. The lowest BCUT2D eigenvalue weighted by atomic mass is 10.2. The second kappa shape index (κ2) is 5.74. The van der Waals surface area contributed by atoms with E-state index in [2.05, 4.69) is 15.9 Å². The minimum atomic E-state index is -4.30. The Labute approximate surface area is 130 Å². The van der Waals surface area contributed by atoms with Crippen molar-refractivity contribution in [1.82, 2.24) is 9.55 Å². The van der Waals surface area contributed by atoms with Crippen LogP contribution in [0.3, 0.4) is 0 Å². The highest BCUT2D eigenvalue weighted by atomic mass is 79.9. The highest BCUT2D eigenvalue weighted by Gasteiger charge is 2.18. The molecule has 1 aromatic carbocycles. The third kappa shape index (κ3) is 3.42. The molecule has 0 aliphatic heterocycles. The number of aromatic amines is 1. The Kier molecular flexibility index (Phi) is 4.35. The molecule has 0 unspecified atom stereocenters. The van der Waals surface area contributed by atoms with Gasteiger partial charge in [-0.3, -0.25) is 14.3 Å². The Bertz CT molecular complexity index is 923. The molecule has 1 N–H and O–H groups in total. The van der Waals surface area contributed by atoms with Crippen molar-refractivity contribution in [2.75, 3.05) is 0 Å². The second-order valence-corrected chi connectivity index (χ2v) is 7.36. The summed E-state index contributed by atoms with van der Waals surface area (Å²) in [5, 5.41) is 0. The topological polar surface area (TPSA) is 89.0 Å². The van der Waals surface area contributed by atoms with Crippen molar-refractivity contribution in [3.05, 3.63) is 61.1 Å². The molecule has 0 amide bonds. The summed E-state index contributed by atoms with van der Waals surface area (Å²) in [6.07, 6.45) is 0.820.